The van der Waals surface area contributed by atoms with Gasteiger partial charge in [-0.1, -0.05) is 11.6 Å². The van der Waals surface area contributed by atoms with Crippen molar-refractivity contribution in [3.8, 4) is 0 Å². The number of carbonyl (C=O) groups is 2. The van der Waals surface area contributed by atoms with Crippen LogP contribution in [0.3, 0.4) is 0 Å². The molecule has 0 bridgehead atoms. The Morgan fingerprint density at radius 1 is 1.23 bits per heavy atom. The average molecular weight is 469 g/mol. The van der Waals surface area contributed by atoms with E-state index in [1.165, 1.54) is 47.8 Å². The van der Waals surface area contributed by atoms with Gasteiger partial charge in [0.05, 0.1) is 25.3 Å². The first-order valence-electron chi connectivity index (χ1n) is 9.27. The van der Waals surface area contributed by atoms with Crippen molar-refractivity contribution < 1.29 is 31.9 Å². The van der Waals surface area contributed by atoms with Gasteiger partial charge in [-0.15, -0.1) is 0 Å². The number of benzene rings is 1. The third kappa shape index (κ3) is 5.34. The molecule has 2 aromatic rings. The summed E-state index contributed by atoms with van der Waals surface area (Å²) in [5.41, 5.74) is 0.523. The van der Waals surface area contributed by atoms with Crippen LogP contribution >= 0.6 is 11.6 Å². The quantitative estimate of drug-likeness (QED) is 0.512. The molecule has 1 amide bonds. The van der Waals surface area contributed by atoms with Crippen molar-refractivity contribution in [1.29, 1.82) is 0 Å². The number of ether oxygens (including phenoxy) is 2. The minimum absolute atomic E-state index is 0.0569. The lowest BCUT2D eigenvalue weighted by molar-refractivity contribution is -0.111. The van der Waals surface area contributed by atoms with E-state index in [2.05, 4.69) is 10.1 Å². The summed E-state index contributed by atoms with van der Waals surface area (Å²) in [6.07, 6.45) is 2.58. The van der Waals surface area contributed by atoms with Gasteiger partial charge in [-0.25, -0.2) is 13.2 Å². The van der Waals surface area contributed by atoms with Gasteiger partial charge >= 0.3 is 5.97 Å². The van der Waals surface area contributed by atoms with Crippen molar-refractivity contribution in [1.82, 2.24) is 4.31 Å². The molecule has 0 unspecified atom stereocenters. The molecular weight excluding hydrogens is 448 g/mol. The Morgan fingerprint density at radius 3 is 2.61 bits per heavy atom. The minimum Gasteiger partial charge on any atom is -0.465 e. The second-order valence-electron chi connectivity index (χ2n) is 6.59. The number of hydrogen-bond donors (Lipinski definition) is 1. The summed E-state index contributed by atoms with van der Waals surface area (Å²) in [6, 6.07) is 5.68. The summed E-state index contributed by atoms with van der Waals surface area (Å²) in [4.78, 5) is 23.8. The molecule has 1 aromatic heterocycles. The lowest BCUT2D eigenvalue weighted by Crippen LogP contribution is -2.40. The Hall–Kier alpha value is -2.66. The second kappa shape index (κ2) is 9.65. The number of sulfonamides is 1. The predicted octanol–water partition coefficient (Wildman–Crippen LogP) is 2.70. The number of furan rings is 1. The number of nitrogens with one attached hydrogen (secondary N) is 1. The standard InChI is InChI=1S/C20H21ClN2O7S/c1-13-16(20(25)28-2)12-15(30-13)4-6-19(24)22-14-3-5-17(21)18(11-14)31(26,27)23-7-9-29-10-8-23/h3-6,11-12H,7-10H2,1-2H3,(H,22,24)/b6-4+. The van der Waals surface area contributed by atoms with Crippen LogP contribution in [0.1, 0.15) is 21.9 Å². The molecule has 1 aliphatic heterocycles. The molecule has 31 heavy (non-hydrogen) atoms. The summed E-state index contributed by atoms with van der Waals surface area (Å²) in [7, 11) is -2.56. The van der Waals surface area contributed by atoms with Crippen LogP contribution in [0.25, 0.3) is 6.08 Å². The van der Waals surface area contributed by atoms with Gasteiger partial charge in [0.15, 0.2) is 0 Å². The van der Waals surface area contributed by atoms with Crippen LogP contribution in [-0.4, -0.2) is 58.0 Å². The molecule has 0 aliphatic carbocycles. The molecule has 1 aromatic carbocycles. The Bertz CT molecular complexity index is 1120. The van der Waals surface area contributed by atoms with Gasteiger partial charge in [-0.2, -0.15) is 4.31 Å². The maximum Gasteiger partial charge on any atom is 0.341 e. The van der Waals surface area contributed by atoms with Crippen LogP contribution in [0.15, 0.2) is 39.7 Å². The van der Waals surface area contributed by atoms with E-state index in [0.29, 0.717) is 24.7 Å². The number of aryl methyl sites for hydroxylation is 1. The van der Waals surface area contributed by atoms with Gasteiger partial charge in [0, 0.05) is 24.9 Å². The number of halogens is 1. The monoisotopic (exact) mass is 468 g/mol. The maximum absolute atomic E-state index is 12.9. The van der Waals surface area contributed by atoms with Crippen molar-refractivity contribution in [2.45, 2.75) is 11.8 Å². The molecular formula is C20H21ClN2O7S. The lowest BCUT2D eigenvalue weighted by Gasteiger charge is -2.26. The van der Waals surface area contributed by atoms with Gasteiger partial charge in [-0.3, -0.25) is 4.79 Å². The van der Waals surface area contributed by atoms with E-state index in [0.717, 1.165) is 0 Å². The Kier molecular flexibility index (Phi) is 7.16. The highest BCUT2D eigenvalue weighted by molar-refractivity contribution is 7.89. The Balaban J connectivity index is 1.74. The first kappa shape index (κ1) is 23.0. The van der Waals surface area contributed by atoms with E-state index in [-0.39, 0.29) is 34.3 Å². The van der Waals surface area contributed by atoms with Gasteiger partial charge in [0.1, 0.15) is 22.0 Å². The second-order valence-corrected chi connectivity index (χ2v) is 8.91. The molecule has 9 nitrogen and oxygen atoms in total. The number of carbonyl (C=O) groups excluding carboxylic acids is 2. The van der Waals surface area contributed by atoms with Crippen LogP contribution in [0.2, 0.25) is 5.02 Å². The first-order valence-corrected chi connectivity index (χ1v) is 11.1. The Morgan fingerprint density at radius 2 is 1.94 bits per heavy atom. The third-order valence-electron chi connectivity index (χ3n) is 4.53. The van der Waals surface area contributed by atoms with E-state index >= 15 is 0 Å². The molecule has 166 valence electrons. The van der Waals surface area contributed by atoms with Gasteiger partial charge in [-0.05, 0) is 37.3 Å². The molecule has 1 N–H and O–H groups in total. The fourth-order valence-corrected chi connectivity index (χ4v) is 4.85. The highest BCUT2D eigenvalue weighted by atomic mass is 35.5. The molecule has 0 spiro atoms. The van der Waals surface area contributed by atoms with Crippen LogP contribution in [0.4, 0.5) is 5.69 Å². The van der Waals surface area contributed by atoms with Crippen molar-refractivity contribution in [2.75, 3.05) is 38.7 Å². The number of nitrogens with zero attached hydrogens (tertiary/aromatic N) is 1. The number of hydrogen-bond acceptors (Lipinski definition) is 7. The van der Waals surface area contributed by atoms with Gasteiger partial charge in [0.2, 0.25) is 15.9 Å². The van der Waals surface area contributed by atoms with Crippen molar-refractivity contribution >= 4 is 45.3 Å². The molecule has 1 fully saturated rings. The number of methoxy groups -OCH3 is 1. The van der Waals surface area contributed by atoms with Gasteiger partial charge in [0.25, 0.3) is 0 Å². The summed E-state index contributed by atoms with van der Waals surface area (Å²) in [5, 5.41) is 2.64. The fourth-order valence-electron chi connectivity index (χ4n) is 2.95. The zero-order chi connectivity index (χ0) is 22.6. The van der Waals surface area contributed by atoms with E-state index < -0.39 is 21.9 Å². The number of rotatable bonds is 6. The molecule has 1 saturated heterocycles. The molecule has 1 aliphatic rings. The van der Waals surface area contributed by atoms with E-state index in [1.54, 1.807) is 6.92 Å². The molecule has 3 rings (SSSR count). The van der Waals surface area contributed by atoms with Crippen LogP contribution in [0.5, 0.6) is 0 Å². The number of morpholine rings is 1. The highest BCUT2D eigenvalue weighted by Crippen LogP contribution is 2.28. The number of amides is 1. The Labute approximate surface area is 184 Å². The van der Waals surface area contributed by atoms with Gasteiger partial charge < -0.3 is 19.2 Å². The average Bonchev–Trinajstić information content (AvgIpc) is 3.14. The molecule has 11 heteroatoms. The molecule has 2 heterocycles. The SMILES string of the molecule is COC(=O)c1cc(/C=C/C(=O)Nc2ccc(Cl)c(S(=O)(=O)N3CCOCC3)c2)oc1C. The highest BCUT2D eigenvalue weighted by Gasteiger charge is 2.28. The van der Waals surface area contributed by atoms with Crippen molar-refractivity contribution in [3.63, 3.8) is 0 Å². The topological polar surface area (TPSA) is 115 Å². The normalized spacial score (nSPS) is 15.2. The minimum atomic E-state index is -3.83. The van der Waals surface area contributed by atoms with Crippen LogP contribution in [-0.2, 0) is 24.3 Å². The lowest BCUT2D eigenvalue weighted by atomic mass is 10.2. The third-order valence-corrected chi connectivity index (χ3v) is 6.91. The molecule has 0 radical (unpaired) electrons. The smallest absolute Gasteiger partial charge is 0.341 e. The van der Waals surface area contributed by atoms with Crippen molar-refractivity contribution in [2.24, 2.45) is 0 Å². The number of anilines is 1. The summed E-state index contributed by atoms with van der Waals surface area (Å²) < 4.78 is 42.3. The summed E-state index contributed by atoms with van der Waals surface area (Å²) in [5.74, 6) is -0.409. The molecule has 0 saturated carbocycles. The zero-order valence-corrected chi connectivity index (χ0v) is 18.5. The van der Waals surface area contributed by atoms with Crippen LogP contribution in [0, 0.1) is 6.92 Å². The predicted molar refractivity (Wildman–Crippen MR) is 113 cm³/mol. The maximum atomic E-state index is 12.9. The van der Waals surface area contributed by atoms with E-state index in [4.69, 9.17) is 20.8 Å². The number of esters is 1. The first-order chi connectivity index (χ1) is 14.7. The zero-order valence-electron chi connectivity index (χ0n) is 16.9. The summed E-state index contributed by atoms with van der Waals surface area (Å²) >= 11 is 6.12. The van der Waals surface area contributed by atoms with E-state index in [1.807, 2.05) is 0 Å². The van der Waals surface area contributed by atoms with Crippen LogP contribution < -0.4 is 5.32 Å². The van der Waals surface area contributed by atoms with Crippen molar-refractivity contribution in [3.05, 3.63) is 52.4 Å². The van der Waals surface area contributed by atoms with E-state index in [9.17, 15) is 18.0 Å². The fraction of sp³-hybridized carbons (Fsp3) is 0.300. The molecule has 0 atom stereocenters. The summed E-state index contributed by atoms with van der Waals surface area (Å²) in [6.45, 7) is 2.68. The largest absolute Gasteiger partial charge is 0.465 e.